The third-order valence-electron chi connectivity index (χ3n) is 5.64. The first-order chi connectivity index (χ1) is 16.0. The van der Waals surface area contributed by atoms with Gasteiger partial charge in [-0.3, -0.25) is 9.79 Å². The molecule has 168 valence electrons. The molecule has 3 heterocycles. The Kier molecular flexibility index (Phi) is 5.39. The minimum absolute atomic E-state index is 0.0921. The first-order valence-corrected chi connectivity index (χ1v) is 10.7. The van der Waals surface area contributed by atoms with Crippen molar-refractivity contribution in [2.75, 3.05) is 25.0 Å². The molecule has 8 nitrogen and oxygen atoms in total. The van der Waals surface area contributed by atoms with E-state index in [-0.39, 0.29) is 12.1 Å². The van der Waals surface area contributed by atoms with E-state index in [0.29, 0.717) is 22.6 Å². The second-order valence-electron chi connectivity index (χ2n) is 7.98. The molecule has 0 bridgehead atoms. The number of aromatic nitrogens is 3. The Morgan fingerprint density at radius 2 is 2.12 bits per heavy atom. The van der Waals surface area contributed by atoms with Gasteiger partial charge in [0.1, 0.15) is 23.0 Å². The molecule has 0 fully saturated rings. The van der Waals surface area contributed by atoms with Gasteiger partial charge < -0.3 is 25.7 Å². The van der Waals surface area contributed by atoms with Crippen LogP contribution in [0.1, 0.15) is 22.8 Å². The van der Waals surface area contributed by atoms with Gasteiger partial charge in [-0.2, -0.15) is 0 Å². The molecule has 0 saturated heterocycles. The van der Waals surface area contributed by atoms with Crippen LogP contribution in [-0.2, 0) is 0 Å². The van der Waals surface area contributed by atoms with E-state index in [9.17, 15) is 14.3 Å². The number of hydrogen-bond acceptors (Lipinski definition) is 6. The summed E-state index contributed by atoms with van der Waals surface area (Å²) in [4.78, 5) is 27.8. The summed E-state index contributed by atoms with van der Waals surface area (Å²) in [6.07, 6.45) is 0.576. The maximum absolute atomic E-state index is 13.5. The van der Waals surface area contributed by atoms with Crippen molar-refractivity contribution in [3.05, 3.63) is 81.5 Å². The van der Waals surface area contributed by atoms with Crippen LogP contribution in [0.2, 0.25) is 0 Å². The molecule has 2 aromatic carbocycles. The summed E-state index contributed by atoms with van der Waals surface area (Å²) in [6, 6.07) is 11.5. The average molecular weight is 446 g/mol. The normalized spacial score (nSPS) is 14.2. The molecule has 1 aliphatic rings. The molecule has 0 radical (unpaired) electrons. The van der Waals surface area contributed by atoms with Crippen LogP contribution in [0.15, 0.2) is 58.4 Å². The predicted octanol–water partition coefficient (Wildman–Crippen LogP) is 2.86. The molecule has 0 aliphatic carbocycles. The number of pyridine rings is 1. The fourth-order valence-corrected chi connectivity index (χ4v) is 4.04. The van der Waals surface area contributed by atoms with Gasteiger partial charge >= 0.3 is 0 Å². The number of aliphatic hydroxyl groups is 1. The molecule has 9 heteroatoms. The van der Waals surface area contributed by atoms with Crippen LogP contribution in [0.5, 0.6) is 0 Å². The number of aliphatic imine (C=N–C) groups is 1. The van der Waals surface area contributed by atoms with Gasteiger partial charge in [0.25, 0.3) is 5.56 Å². The number of rotatable bonds is 6. The first-order valence-electron chi connectivity index (χ1n) is 10.7. The van der Waals surface area contributed by atoms with E-state index >= 15 is 0 Å². The van der Waals surface area contributed by atoms with Crippen LogP contribution in [-0.4, -0.2) is 45.5 Å². The molecule has 5 rings (SSSR count). The monoisotopic (exact) mass is 446 g/mol. The fourth-order valence-electron chi connectivity index (χ4n) is 4.04. The highest BCUT2D eigenvalue weighted by Crippen LogP contribution is 2.27. The number of H-pyrrole nitrogens is 2. The molecule has 2 aromatic heterocycles. The van der Waals surface area contributed by atoms with E-state index < -0.39 is 11.9 Å². The average Bonchev–Trinajstić information content (AvgIpc) is 3.48. The molecule has 0 amide bonds. The number of anilines is 1. The topological polar surface area (TPSA) is 118 Å². The largest absolute Gasteiger partial charge is 0.387 e. The number of aliphatic hydroxyl groups excluding tert-OH is 1. The Morgan fingerprint density at radius 1 is 1.24 bits per heavy atom. The molecule has 1 unspecified atom stereocenters. The molecule has 1 aliphatic heterocycles. The molecular formula is C24H23FN6O2. The summed E-state index contributed by atoms with van der Waals surface area (Å²) in [7, 11) is 0. The van der Waals surface area contributed by atoms with Crippen molar-refractivity contribution in [2.45, 2.75) is 13.0 Å². The summed E-state index contributed by atoms with van der Waals surface area (Å²) in [5.74, 6) is 0.845. The summed E-state index contributed by atoms with van der Waals surface area (Å²) in [5.41, 5.74) is 4.45. The molecular weight excluding hydrogens is 423 g/mol. The van der Waals surface area contributed by atoms with E-state index in [0.717, 1.165) is 41.1 Å². The summed E-state index contributed by atoms with van der Waals surface area (Å²) in [5, 5.41) is 16.8. The van der Waals surface area contributed by atoms with Gasteiger partial charge in [-0.15, -0.1) is 0 Å². The molecule has 33 heavy (non-hydrogen) atoms. The molecule has 0 saturated carbocycles. The van der Waals surface area contributed by atoms with E-state index in [4.69, 9.17) is 0 Å². The quantitative estimate of drug-likeness (QED) is 0.312. The Labute approximate surface area is 188 Å². The summed E-state index contributed by atoms with van der Waals surface area (Å²) in [6.45, 7) is 3.62. The maximum Gasteiger partial charge on any atom is 0.261 e. The molecule has 5 N–H and O–H groups in total. The zero-order chi connectivity index (χ0) is 22.9. The van der Waals surface area contributed by atoms with Crippen molar-refractivity contribution in [3.63, 3.8) is 0 Å². The van der Waals surface area contributed by atoms with Crippen molar-refractivity contribution >= 4 is 22.6 Å². The van der Waals surface area contributed by atoms with Crippen molar-refractivity contribution in [3.8, 4) is 11.4 Å². The Balaban J connectivity index is 1.48. The lowest BCUT2D eigenvalue weighted by molar-refractivity contribution is 0.191. The fraction of sp³-hybridized carbons (Fsp3) is 0.208. The van der Waals surface area contributed by atoms with E-state index in [1.807, 2.05) is 19.1 Å². The standard InChI is InChI=1S/C24H23FN6O2/c1-13-9-15(22-26-7-8-27-22)11-18-21(13)31-23(30-18)20-17(5-6-28-24(20)33)29-12-19(32)14-3-2-4-16(25)10-14/h2-6,9-11,19,32H,7-8,12H2,1H3,(H,26,27)(H,30,31)(H2,28,29,33). The van der Waals surface area contributed by atoms with Crippen LogP contribution < -0.4 is 16.2 Å². The van der Waals surface area contributed by atoms with Gasteiger partial charge in [0, 0.05) is 24.8 Å². The molecule has 0 spiro atoms. The Hall–Kier alpha value is -3.98. The number of nitrogens with one attached hydrogen (secondary N) is 4. The summed E-state index contributed by atoms with van der Waals surface area (Å²) >= 11 is 0. The highest BCUT2D eigenvalue weighted by Gasteiger charge is 2.18. The van der Waals surface area contributed by atoms with E-state index in [1.165, 1.54) is 18.3 Å². The smallest absolute Gasteiger partial charge is 0.261 e. The SMILES string of the molecule is Cc1cc(C2=NCCN2)cc2[nH]c(-c3c(NCC(O)c4cccc(F)c4)cc[nH]c3=O)nc12. The second kappa shape index (κ2) is 8.51. The van der Waals surface area contributed by atoms with Crippen molar-refractivity contribution in [1.29, 1.82) is 0 Å². The van der Waals surface area contributed by atoms with Crippen molar-refractivity contribution in [1.82, 2.24) is 20.3 Å². The van der Waals surface area contributed by atoms with Crippen LogP contribution in [0.3, 0.4) is 0 Å². The van der Waals surface area contributed by atoms with Crippen LogP contribution in [0.4, 0.5) is 10.1 Å². The number of benzene rings is 2. The van der Waals surface area contributed by atoms with Crippen molar-refractivity contribution in [2.24, 2.45) is 4.99 Å². The van der Waals surface area contributed by atoms with E-state index in [2.05, 4.69) is 30.6 Å². The number of halogens is 1. The highest BCUT2D eigenvalue weighted by molar-refractivity contribution is 6.03. The van der Waals surface area contributed by atoms with E-state index in [1.54, 1.807) is 18.2 Å². The number of aryl methyl sites for hydroxylation is 1. The van der Waals surface area contributed by atoms with Crippen LogP contribution >= 0.6 is 0 Å². The minimum Gasteiger partial charge on any atom is -0.387 e. The lowest BCUT2D eigenvalue weighted by atomic mass is 10.1. The van der Waals surface area contributed by atoms with Gasteiger partial charge in [0.15, 0.2) is 0 Å². The highest BCUT2D eigenvalue weighted by atomic mass is 19.1. The zero-order valence-corrected chi connectivity index (χ0v) is 17.9. The third-order valence-corrected chi connectivity index (χ3v) is 5.64. The van der Waals surface area contributed by atoms with Gasteiger partial charge in [-0.1, -0.05) is 12.1 Å². The predicted molar refractivity (Wildman–Crippen MR) is 126 cm³/mol. The second-order valence-corrected chi connectivity index (χ2v) is 7.98. The van der Waals surface area contributed by atoms with Gasteiger partial charge in [0.2, 0.25) is 0 Å². The molecule has 1 atom stereocenters. The van der Waals surface area contributed by atoms with Crippen LogP contribution in [0, 0.1) is 12.7 Å². The number of nitrogens with zero attached hydrogens (tertiary/aromatic N) is 2. The van der Waals surface area contributed by atoms with Crippen LogP contribution in [0.25, 0.3) is 22.4 Å². The van der Waals surface area contributed by atoms with Crippen molar-refractivity contribution < 1.29 is 9.50 Å². The lowest BCUT2D eigenvalue weighted by Crippen LogP contribution is -2.19. The number of aromatic amines is 2. The molecule has 4 aromatic rings. The lowest BCUT2D eigenvalue weighted by Gasteiger charge is -2.15. The number of imidazole rings is 1. The number of hydrogen-bond donors (Lipinski definition) is 5. The van der Waals surface area contributed by atoms with Gasteiger partial charge in [-0.05, 0) is 48.4 Å². The Bertz CT molecular complexity index is 1420. The van der Waals surface area contributed by atoms with Gasteiger partial charge in [0.05, 0.1) is 29.4 Å². The number of fused-ring (bicyclic) bond motifs is 1. The van der Waals surface area contributed by atoms with Gasteiger partial charge in [-0.25, -0.2) is 9.37 Å². The first kappa shape index (κ1) is 20.9. The minimum atomic E-state index is -0.951. The Morgan fingerprint density at radius 3 is 2.91 bits per heavy atom. The summed E-state index contributed by atoms with van der Waals surface area (Å²) < 4.78 is 13.5. The third kappa shape index (κ3) is 4.10. The number of amidine groups is 1. The maximum atomic E-state index is 13.5. The zero-order valence-electron chi connectivity index (χ0n) is 17.9.